The molecule has 0 fully saturated rings. The van der Waals surface area contributed by atoms with Gasteiger partial charge in [0.1, 0.15) is 23.0 Å². The predicted octanol–water partition coefficient (Wildman–Crippen LogP) is 4.39. The molecule has 2 heterocycles. The lowest BCUT2D eigenvalue weighted by molar-refractivity contribution is 0.525. The third-order valence-corrected chi connectivity index (χ3v) is 4.18. The Labute approximate surface area is 141 Å². The molecular weight excluding hydrogens is 300 g/mol. The number of anilines is 1. The molecule has 1 N–H and O–H groups in total. The minimum Gasteiger partial charge on any atom is -0.459 e. The molecule has 0 aliphatic rings. The Morgan fingerprint density at radius 3 is 2.67 bits per heavy atom. The average Bonchev–Trinajstić information content (AvgIpc) is 3.05. The molecule has 1 aromatic carbocycles. The molecule has 5 nitrogen and oxygen atoms in total. The van der Waals surface area contributed by atoms with E-state index >= 15 is 0 Å². The molecule has 1 unspecified atom stereocenters. The topological polar surface area (TPSA) is 74.7 Å². The minimum atomic E-state index is -0.115. The van der Waals surface area contributed by atoms with Crippen LogP contribution in [0, 0.1) is 11.3 Å². The molecule has 3 rings (SSSR count). The number of hydrogen-bond acceptors (Lipinski definition) is 5. The summed E-state index contributed by atoms with van der Waals surface area (Å²) >= 11 is 0. The van der Waals surface area contributed by atoms with Gasteiger partial charge in [0.25, 0.3) is 0 Å². The van der Waals surface area contributed by atoms with Crippen molar-refractivity contribution in [1.82, 2.24) is 10.2 Å². The van der Waals surface area contributed by atoms with Crippen molar-refractivity contribution in [3.8, 4) is 6.07 Å². The van der Waals surface area contributed by atoms with Crippen molar-refractivity contribution in [1.29, 1.82) is 5.26 Å². The molecule has 0 radical (unpaired) electrons. The van der Waals surface area contributed by atoms with Crippen LogP contribution in [0.2, 0.25) is 0 Å². The molecule has 0 bridgehead atoms. The average molecular weight is 320 g/mol. The van der Waals surface area contributed by atoms with Crippen molar-refractivity contribution in [2.24, 2.45) is 0 Å². The number of rotatable bonds is 5. The fourth-order valence-corrected chi connectivity index (χ4v) is 2.89. The van der Waals surface area contributed by atoms with Gasteiger partial charge in [-0.05, 0) is 37.5 Å². The Balaban J connectivity index is 1.94. The van der Waals surface area contributed by atoms with Gasteiger partial charge in [-0.3, -0.25) is 0 Å². The second kappa shape index (κ2) is 6.71. The van der Waals surface area contributed by atoms with Crippen molar-refractivity contribution in [2.75, 3.05) is 5.32 Å². The van der Waals surface area contributed by atoms with Crippen molar-refractivity contribution in [3.63, 3.8) is 0 Å². The van der Waals surface area contributed by atoms with Crippen LogP contribution in [0.25, 0.3) is 11.0 Å². The summed E-state index contributed by atoms with van der Waals surface area (Å²) in [7, 11) is 0. The molecule has 0 saturated carbocycles. The van der Waals surface area contributed by atoms with Gasteiger partial charge in [-0.2, -0.15) is 10.4 Å². The highest BCUT2D eigenvalue weighted by atomic mass is 16.3. The van der Waals surface area contributed by atoms with Crippen LogP contribution in [0.5, 0.6) is 0 Å². The summed E-state index contributed by atoms with van der Waals surface area (Å²) in [6.07, 6.45) is 1.53. The highest BCUT2D eigenvalue weighted by Crippen LogP contribution is 2.28. The van der Waals surface area contributed by atoms with E-state index in [1.807, 2.05) is 51.1 Å². The van der Waals surface area contributed by atoms with Crippen LogP contribution in [0.3, 0.4) is 0 Å². The number of aryl methyl sites for hydroxylation is 1. The number of nitrogens with zero attached hydrogens (tertiary/aromatic N) is 3. The molecule has 0 aliphatic heterocycles. The SMILES string of the molecule is CCc1nnc(NC(C)c2cc3ccccc3o2)c(C#N)c1CC. The quantitative estimate of drug-likeness (QED) is 0.754. The molecular formula is C19H20N4O. The Morgan fingerprint density at radius 2 is 2.00 bits per heavy atom. The Bertz CT molecular complexity index is 874. The highest BCUT2D eigenvalue weighted by Gasteiger charge is 2.18. The van der Waals surface area contributed by atoms with Crippen LogP contribution in [0.1, 0.15) is 49.4 Å². The lowest BCUT2D eigenvalue weighted by atomic mass is 10.0. The minimum absolute atomic E-state index is 0.115. The standard InChI is InChI=1S/C19H20N4O/c1-4-14-15(11-20)19(23-22-16(14)5-2)21-12(3)18-10-13-8-6-7-9-17(13)24-18/h6-10,12H,4-5H2,1-3H3,(H,21,23). The Kier molecular flexibility index (Phi) is 4.48. The molecule has 0 saturated heterocycles. The van der Waals surface area contributed by atoms with Crippen molar-refractivity contribution >= 4 is 16.8 Å². The van der Waals surface area contributed by atoms with Crippen LogP contribution in [-0.4, -0.2) is 10.2 Å². The van der Waals surface area contributed by atoms with E-state index in [2.05, 4.69) is 21.6 Å². The molecule has 0 aliphatic carbocycles. The van der Waals surface area contributed by atoms with Crippen molar-refractivity contribution in [2.45, 2.75) is 39.7 Å². The number of para-hydroxylation sites is 1. The van der Waals surface area contributed by atoms with E-state index in [0.29, 0.717) is 11.4 Å². The largest absolute Gasteiger partial charge is 0.459 e. The third-order valence-electron chi connectivity index (χ3n) is 4.18. The van der Waals surface area contributed by atoms with Crippen molar-refractivity contribution in [3.05, 3.63) is 52.9 Å². The lowest BCUT2D eigenvalue weighted by Gasteiger charge is -2.15. The smallest absolute Gasteiger partial charge is 0.167 e. The summed E-state index contributed by atoms with van der Waals surface area (Å²) in [5.74, 6) is 1.32. The number of nitriles is 1. The van der Waals surface area contributed by atoms with Gasteiger partial charge < -0.3 is 9.73 Å². The zero-order valence-electron chi connectivity index (χ0n) is 14.1. The first-order valence-corrected chi connectivity index (χ1v) is 8.21. The number of nitrogens with one attached hydrogen (secondary N) is 1. The summed E-state index contributed by atoms with van der Waals surface area (Å²) in [6.45, 7) is 6.04. The summed E-state index contributed by atoms with van der Waals surface area (Å²) in [6, 6.07) is 12.1. The molecule has 2 aromatic heterocycles. The van der Waals surface area contributed by atoms with E-state index in [-0.39, 0.29) is 6.04 Å². The number of fused-ring (bicyclic) bond motifs is 1. The second-order valence-electron chi connectivity index (χ2n) is 5.72. The van der Waals surface area contributed by atoms with Crippen LogP contribution >= 0.6 is 0 Å². The summed E-state index contributed by atoms with van der Waals surface area (Å²) in [4.78, 5) is 0. The first kappa shape index (κ1) is 16.0. The number of hydrogen-bond donors (Lipinski definition) is 1. The molecule has 122 valence electrons. The molecule has 1 atom stereocenters. The van der Waals surface area contributed by atoms with Gasteiger partial charge in [0, 0.05) is 5.39 Å². The molecule has 3 aromatic rings. The summed E-state index contributed by atoms with van der Waals surface area (Å²) < 4.78 is 5.88. The monoisotopic (exact) mass is 320 g/mol. The van der Waals surface area contributed by atoms with Crippen LogP contribution in [0.4, 0.5) is 5.82 Å². The molecule has 0 amide bonds. The van der Waals surface area contributed by atoms with E-state index < -0.39 is 0 Å². The molecule has 0 spiro atoms. The lowest BCUT2D eigenvalue weighted by Crippen LogP contribution is -2.12. The van der Waals surface area contributed by atoms with E-state index in [9.17, 15) is 5.26 Å². The molecule has 24 heavy (non-hydrogen) atoms. The van der Waals surface area contributed by atoms with E-state index in [0.717, 1.165) is 40.8 Å². The highest BCUT2D eigenvalue weighted by molar-refractivity contribution is 5.78. The summed E-state index contributed by atoms with van der Waals surface area (Å²) in [5.41, 5.74) is 3.28. The fourth-order valence-electron chi connectivity index (χ4n) is 2.89. The van der Waals surface area contributed by atoms with E-state index in [1.54, 1.807) is 0 Å². The third kappa shape index (κ3) is 2.83. The Hall–Kier alpha value is -2.87. The van der Waals surface area contributed by atoms with Gasteiger partial charge in [-0.25, -0.2) is 0 Å². The zero-order valence-corrected chi connectivity index (χ0v) is 14.1. The fraction of sp³-hybridized carbons (Fsp3) is 0.316. The van der Waals surface area contributed by atoms with Gasteiger partial charge >= 0.3 is 0 Å². The maximum atomic E-state index is 9.57. The van der Waals surface area contributed by atoms with Gasteiger partial charge in [0.15, 0.2) is 5.82 Å². The van der Waals surface area contributed by atoms with Gasteiger partial charge in [0.2, 0.25) is 0 Å². The first-order valence-electron chi connectivity index (χ1n) is 8.21. The number of aromatic nitrogens is 2. The maximum Gasteiger partial charge on any atom is 0.167 e. The van der Waals surface area contributed by atoms with E-state index in [1.165, 1.54) is 0 Å². The molecule has 5 heteroatoms. The van der Waals surface area contributed by atoms with Crippen molar-refractivity contribution < 1.29 is 4.42 Å². The van der Waals surface area contributed by atoms with Crippen LogP contribution in [0.15, 0.2) is 34.7 Å². The second-order valence-corrected chi connectivity index (χ2v) is 5.72. The number of furan rings is 1. The van der Waals surface area contributed by atoms with Crippen LogP contribution < -0.4 is 5.32 Å². The predicted molar refractivity (Wildman–Crippen MR) is 93.8 cm³/mol. The van der Waals surface area contributed by atoms with Crippen LogP contribution in [-0.2, 0) is 12.8 Å². The number of benzene rings is 1. The zero-order chi connectivity index (χ0) is 17.1. The summed E-state index contributed by atoms with van der Waals surface area (Å²) in [5, 5.41) is 22.4. The normalized spacial score (nSPS) is 12.1. The maximum absolute atomic E-state index is 9.57. The van der Waals surface area contributed by atoms with Gasteiger partial charge in [-0.1, -0.05) is 32.0 Å². The van der Waals surface area contributed by atoms with Gasteiger partial charge in [0.05, 0.1) is 11.7 Å². The first-order chi connectivity index (χ1) is 11.7. The van der Waals surface area contributed by atoms with Gasteiger partial charge in [-0.15, -0.1) is 5.10 Å². The van der Waals surface area contributed by atoms with E-state index in [4.69, 9.17) is 4.42 Å². The Morgan fingerprint density at radius 1 is 1.21 bits per heavy atom.